The highest BCUT2D eigenvalue weighted by atomic mass is 35.5. The van der Waals surface area contributed by atoms with Crippen LogP contribution in [0, 0.1) is 0 Å². The molecule has 0 saturated carbocycles. The summed E-state index contributed by atoms with van der Waals surface area (Å²) in [5.41, 5.74) is 1.30. The predicted octanol–water partition coefficient (Wildman–Crippen LogP) is 4.58. The number of rotatable bonds is 9. The zero-order valence-electron chi connectivity index (χ0n) is 18.0. The fourth-order valence-electron chi connectivity index (χ4n) is 3.97. The first-order chi connectivity index (χ1) is 15.1. The van der Waals surface area contributed by atoms with E-state index in [1.54, 1.807) is 24.3 Å². The number of carbonyl (C=O) groups is 2. The van der Waals surface area contributed by atoms with Crippen molar-refractivity contribution in [2.75, 3.05) is 26.2 Å². The van der Waals surface area contributed by atoms with Gasteiger partial charge in [-0.1, -0.05) is 66.9 Å². The van der Waals surface area contributed by atoms with E-state index >= 15 is 0 Å². The SMILES string of the molecule is O=C(CC(NC(=O)c1ccccc1Cl)c1ccccc1)NCCCN1CCCCCC1. The highest BCUT2D eigenvalue weighted by Gasteiger charge is 2.20. The van der Waals surface area contributed by atoms with Crippen molar-refractivity contribution < 1.29 is 9.59 Å². The molecule has 1 heterocycles. The Bertz CT molecular complexity index is 836. The largest absolute Gasteiger partial charge is 0.356 e. The van der Waals surface area contributed by atoms with Crippen LogP contribution in [0.15, 0.2) is 54.6 Å². The van der Waals surface area contributed by atoms with Crippen molar-refractivity contribution in [2.45, 2.75) is 44.6 Å². The minimum atomic E-state index is -0.421. The molecular weight excluding hydrogens is 410 g/mol. The summed E-state index contributed by atoms with van der Waals surface area (Å²) < 4.78 is 0. The zero-order chi connectivity index (χ0) is 21.9. The van der Waals surface area contributed by atoms with Crippen LogP contribution in [0.2, 0.25) is 5.02 Å². The van der Waals surface area contributed by atoms with E-state index in [2.05, 4.69) is 15.5 Å². The number of hydrogen-bond donors (Lipinski definition) is 2. The number of halogens is 1. The molecule has 0 aromatic heterocycles. The van der Waals surface area contributed by atoms with E-state index in [4.69, 9.17) is 11.6 Å². The van der Waals surface area contributed by atoms with Gasteiger partial charge in [0.1, 0.15) is 0 Å². The van der Waals surface area contributed by atoms with E-state index in [0.29, 0.717) is 17.1 Å². The minimum absolute atomic E-state index is 0.0656. The summed E-state index contributed by atoms with van der Waals surface area (Å²) in [7, 11) is 0. The second-order valence-corrected chi connectivity index (χ2v) is 8.49. The third-order valence-electron chi connectivity index (χ3n) is 5.69. The van der Waals surface area contributed by atoms with E-state index in [1.165, 1.54) is 25.7 Å². The van der Waals surface area contributed by atoms with Crippen LogP contribution in [-0.4, -0.2) is 42.9 Å². The lowest BCUT2D eigenvalue weighted by atomic mass is 10.0. The first kappa shape index (κ1) is 23.3. The second kappa shape index (κ2) is 12.5. The molecule has 5 nitrogen and oxygen atoms in total. The molecule has 0 bridgehead atoms. The predicted molar refractivity (Wildman–Crippen MR) is 125 cm³/mol. The molecule has 2 N–H and O–H groups in total. The molecular formula is C25H32ClN3O2. The molecule has 0 aliphatic carbocycles. The van der Waals surface area contributed by atoms with Gasteiger partial charge in [0.2, 0.25) is 5.91 Å². The summed E-state index contributed by atoms with van der Waals surface area (Å²) >= 11 is 6.17. The molecule has 0 radical (unpaired) electrons. The number of benzene rings is 2. The van der Waals surface area contributed by atoms with Crippen LogP contribution in [0.25, 0.3) is 0 Å². The van der Waals surface area contributed by atoms with E-state index in [-0.39, 0.29) is 18.2 Å². The number of nitrogens with zero attached hydrogens (tertiary/aromatic N) is 1. The van der Waals surface area contributed by atoms with Crippen molar-refractivity contribution in [2.24, 2.45) is 0 Å². The quantitative estimate of drug-likeness (QED) is 0.560. The molecule has 2 aromatic carbocycles. The Labute approximate surface area is 190 Å². The highest BCUT2D eigenvalue weighted by molar-refractivity contribution is 6.33. The van der Waals surface area contributed by atoms with E-state index < -0.39 is 6.04 Å². The van der Waals surface area contributed by atoms with Crippen LogP contribution in [0.3, 0.4) is 0 Å². The smallest absolute Gasteiger partial charge is 0.253 e. The summed E-state index contributed by atoms with van der Waals surface area (Å²) in [4.78, 5) is 27.9. The van der Waals surface area contributed by atoms with Crippen molar-refractivity contribution >= 4 is 23.4 Å². The van der Waals surface area contributed by atoms with Crippen LogP contribution in [-0.2, 0) is 4.79 Å². The maximum atomic E-state index is 12.8. The van der Waals surface area contributed by atoms with Gasteiger partial charge in [-0.2, -0.15) is 0 Å². The van der Waals surface area contributed by atoms with Crippen molar-refractivity contribution in [1.82, 2.24) is 15.5 Å². The van der Waals surface area contributed by atoms with Gasteiger partial charge >= 0.3 is 0 Å². The normalized spacial score (nSPS) is 15.6. The lowest BCUT2D eigenvalue weighted by molar-refractivity contribution is -0.121. The lowest BCUT2D eigenvalue weighted by Crippen LogP contribution is -2.35. The first-order valence-electron chi connectivity index (χ1n) is 11.2. The summed E-state index contributed by atoms with van der Waals surface area (Å²) in [5.74, 6) is -0.349. The van der Waals surface area contributed by atoms with Gasteiger partial charge in [0.15, 0.2) is 0 Å². The molecule has 2 amide bonds. The average molecular weight is 442 g/mol. The number of hydrogen-bond acceptors (Lipinski definition) is 3. The Morgan fingerprint density at radius 3 is 2.32 bits per heavy atom. The summed E-state index contributed by atoms with van der Waals surface area (Å²) in [6, 6.07) is 16.1. The average Bonchev–Trinajstić information content (AvgIpc) is 3.06. The molecule has 1 saturated heterocycles. The van der Waals surface area contributed by atoms with Gasteiger partial charge in [-0.3, -0.25) is 9.59 Å². The van der Waals surface area contributed by atoms with Gasteiger partial charge in [-0.05, 0) is 56.6 Å². The molecule has 0 spiro atoms. The Hall–Kier alpha value is -2.37. The first-order valence-corrected chi connectivity index (χ1v) is 11.6. The van der Waals surface area contributed by atoms with Crippen LogP contribution >= 0.6 is 11.6 Å². The molecule has 3 rings (SSSR count). The van der Waals surface area contributed by atoms with E-state index in [9.17, 15) is 9.59 Å². The minimum Gasteiger partial charge on any atom is -0.356 e. The standard InChI is InChI=1S/C25H32ClN3O2/c26-22-14-7-6-13-21(22)25(31)28-23(20-11-4-3-5-12-20)19-24(30)27-15-10-18-29-16-8-1-2-9-17-29/h3-7,11-14,23H,1-2,8-10,15-19H2,(H,27,30)(H,28,31). The summed E-state index contributed by atoms with van der Waals surface area (Å²) in [6.07, 6.45) is 6.33. The van der Waals surface area contributed by atoms with Gasteiger partial charge in [0.05, 0.1) is 23.0 Å². The van der Waals surface area contributed by atoms with Crippen LogP contribution in [0.5, 0.6) is 0 Å². The van der Waals surface area contributed by atoms with Gasteiger partial charge in [-0.15, -0.1) is 0 Å². The van der Waals surface area contributed by atoms with Crippen LogP contribution in [0.4, 0.5) is 0 Å². The topological polar surface area (TPSA) is 61.4 Å². The molecule has 6 heteroatoms. The van der Waals surface area contributed by atoms with Gasteiger partial charge in [0, 0.05) is 6.54 Å². The van der Waals surface area contributed by atoms with Crippen molar-refractivity contribution in [3.8, 4) is 0 Å². The van der Waals surface area contributed by atoms with Crippen LogP contribution < -0.4 is 10.6 Å². The van der Waals surface area contributed by atoms with Gasteiger partial charge < -0.3 is 15.5 Å². The zero-order valence-corrected chi connectivity index (χ0v) is 18.7. The molecule has 31 heavy (non-hydrogen) atoms. The molecule has 2 aromatic rings. The Balaban J connectivity index is 1.53. The molecule has 1 aliphatic heterocycles. The maximum Gasteiger partial charge on any atom is 0.253 e. The number of amides is 2. The number of carbonyl (C=O) groups excluding carboxylic acids is 2. The fourth-order valence-corrected chi connectivity index (χ4v) is 4.19. The van der Waals surface area contributed by atoms with Crippen molar-refractivity contribution in [1.29, 1.82) is 0 Å². The molecule has 1 atom stereocenters. The van der Waals surface area contributed by atoms with E-state index in [1.807, 2.05) is 30.3 Å². The molecule has 166 valence electrons. The summed E-state index contributed by atoms with van der Waals surface area (Å²) in [5, 5.41) is 6.39. The monoisotopic (exact) mass is 441 g/mol. The van der Waals surface area contributed by atoms with Crippen molar-refractivity contribution in [3.05, 3.63) is 70.7 Å². The second-order valence-electron chi connectivity index (χ2n) is 8.08. The molecule has 1 fully saturated rings. The lowest BCUT2D eigenvalue weighted by Gasteiger charge is -2.21. The Kier molecular flexibility index (Phi) is 9.38. The molecule has 1 unspecified atom stereocenters. The molecule has 1 aliphatic rings. The summed E-state index contributed by atoms with van der Waals surface area (Å²) in [6.45, 7) is 4.00. The maximum absolute atomic E-state index is 12.8. The Morgan fingerprint density at radius 2 is 1.61 bits per heavy atom. The number of nitrogens with one attached hydrogen (secondary N) is 2. The third kappa shape index (κ3) is 7.67. The third-order valence-corrected chi connectivity index (χ3v) is 6.02. The van der Waals surface area contributed by atoms with Gasteiger partial charge in [-0.25, -0.2) is 0 Å². The number of likely N-dealkylation sites (tertiary alicyclic amines) is 1. The fraction of sp³-hybridized carbons (Fsp3) is 0.440. The Morgan fingerprint density at radius 1 is 0.935 bits per heavy atom. The van der Waals surface area contributed by atoms with Crippen LogP contribution in [0.1, 0.15) is 60.5 Å². The van der Waals surface area contributed by atoms with E-state index in [0.717, 1.165) is 31.6 Å². The highest BCUT2D eigenvalue weighted by Crippen LogP contribution is 2.20. The van der Waals surface area contributed by atoms with Gasteiger partial charge in [0.25, 0.3) is 5.91 Å². The van der Waals surface area contributed by atoms with Crippen molar-refractivity contribution in [3.63, 3.8) is 0 Å².